The van der Waals surface area contributed by atoms with E-state index >= 15 is 0 Å². The molecule has 0 bridgehead atoms. The fourth-order valence-electron chi connectivity index (χ4n) is 3.53. The SMILES string of the molecule is CC1(C)C[C@@H]1C(=O)N1CCC2(CC1)CC2C(=O)O. The van der Waals surface area contributed by atoms with E-state index in [1.54, 1.807) is 0 Å². The highest BCUT2D eigenvalue weighted by molar-refractivity contribution is 5.82. The zero-order valence-corrected chi connectivity index (χ0v) is 11.1. The molecule has 1 amide bonds. The molecule has 2 atom stereocenters. The lowest BCUT2D eigenvalue weighted by molar-refractivity contribution is -0.140. The Morgan fingerprint density at radius 2 is 1.67 bits per heavy atom. The monoisotopic (exact) mass is 251 g/mol. The number of carbonyl (C=O) groups is 2. The number of hydrogen-bond acceptors (Lipinski definition) is 2. The number of piperidine rings is 1. The van der Waals surface area contributed by atoms with Crippen LogP contribution in [-0.2, 0) is 9.59 Å². The smallest absolute Gasteiger partial charge is 0.307 e. The van der Waals surface area contributed by atoms with E-state index in [1.165, 1.54) is 0 Å². The summed E-state index contributed by atoms with van der Waals surface area (Å²) in [5.74, 6) is -0.298. The molecule has 100 valence electrons. The second-order valence-corrected chi connectivity index (χ2v) is 7.03. The molecule has 0 radical (unpaired) electrons. The van der Waals surface area contributed by atoms with Gasteiger partial charge in [0.15, 0.2) is 0 Å². The lowest BCUT2D eigenvalue weighted by Crippen LogP contribution is -2.41. The third kappa shape index (κ3) is 1.73. The predicted octanol–water partition coefficient (Wildman–Crippen LogP) is 1.75. The first kappa shape index (κ1) is 12.0. The van der Waals surface area contributed by atoms with E-state index in [0.717, 1.165) is 38.8 Å². The Morgan fingerprint density at radius 3 is 2.06 bits per heavy atom. The largest absolute Gasteiger partial charge is 0.481 e. The third-order valence-electron chi connectivity index (χ3n) is 5.37. The van der Waals surface area contributed by atoms with Gasteiger partial charge in [-0.1, -0.05) is 13.8 Å². The third-order valence-corrected chi connectivity index (χ3v) is 5.37. The van der Waals surface area contributed by atoms with Gasteiger partial charge in [-0.3, -0.25) is 9.59 Å². The molecule has 1 unspecified atom stereocenters. The van der Waals surface area contributed by atoms with E-state index in [4.69, 9.17) is 5.11 Å². The summed E-state index contributed by atoms with van der Waals surface area (Å²) in [5.41, 5.74) is 0.219. The number of carbonyl (C=O) groups excluding carboxylic acids is 1. The van der Waals surface area contributed by atoms with Crippen LogP contribution in [0.25, 0.3) is 0 Å². The number of carboxylic acids is 1. The summed E-state index contributed by atoms with van der Waals surface area (Å²) in [6.45, 7) is 5.80. The van der Waals surface area contributed by atoms with Crippen molar-refractivity contribution in [2.24, 2.45) is 22.7 Å². The maximum Gasteiger partial charge on any atom is 0.307 e. The van der Waals surface area contributed by atoms with E-state index in [-0.39, 0.29) is 22.7 Å². The fourth-order valence-corrected chi connectivity index (χ4v) is 3.53. The van der Waals surface area contributed by atoms with E-state index in [2.05, 4.69) is 13.8 Å². The molecule has 1 spiro atoms. The summed E-state index contributed by atoms with van der Waals surface area (Å²) in [4.78, 5) is 25.2. The molecule has 18 heavy (non-hydrogen) atoms. The van der Waals surface area contributed by atoms with E-state index < -0.39 is 5.97 Å². The van der Waals surface area contributed by atoms with Crippen LogP contribution in [0.15, 0.2) is 0 Å². The Balaban J connectivity index is 1.55. The van der Waals surface area contributed by atoms with Crippen LogP contribution in [-0.4, -0.2) is 35.0 Å². The topological polar surface area (TPSA) is 57.6 Å². The number of rotatable bonds is 2. The number of likely N-dealkylation sites (tertiary alicyclic amines) is 1. The minimum absolute atomic E-state index is 0.0294. The molecule has 2 saturated carbocycles. The predicted molar refractivity (Wildman–Crippen MR) is 65.9 cm³/mol. The number of aliphatic carboxylic acids is 1. The van der Waals surface area contributed by atoms with Crippen molar-refractivity contribution >= 4 is 11.9 Å². The molecule has 1 N–H and O–H groups in total. The standard InChI is InChI=1S/C14H21NO3/c1-13(2)7-9(13)11(16)15-5-3-14(4-6-15)8-10(14)12(17)18/h9-10H,3-8H2,1-2H3,(H,17,18)/t9-,10?/m1/s1. The van der Waals surface area contributed by atoms with Crippen molar-refractivity contribution in [3.8, 4) is 0 Å². The molecule has 4 nitrogen and oxygen atoms in total. The van der Waals surface area contributed by atoms with Crippen LogP contribution in [0.1, 0.15) is 39.5 Å². The first-order valence-electron chi connectivity index (χ1n) is 6.87. The number of carboxylic acid groups (broad SMARTS) is 1. The van der Waals surface area contributed by atoms with Crippen LogP contribution in [0.4, 0.5) is 0 Å². The van der Waals surface area contributed by atoms with Crippen LogP contribution < -0.4 is 0 Å². The van der Waals surface area contributed by atoms with E-state index in [0.29, 0.717) is 5.91 Å². The van der Waals surface area contributed by atoms with Crippen molar-refractivity contribution in [1.82, 2.24) is 4.90 Å². The summed E-state index contributed by atoms with van der Waals surface area (Å²) in [5, 5.41) is 9.03. The average Bonchev–Trinajstić information content (AvgIpc) is 3.16. The minimum atomic E-state index is -0.655. The fraction of sp³-hybridized carbons (Fsp3) is 0.857. The van der Waals surface area contributed by atoms with Gasteiger partial charge in [0.05, 0.1) is 5.92 Å². The van der Waals surface area contributed by atoms with Gasteiger partial charge in [0.2, 0.25) is 5.91 Å². The summed E-state index contributed by atoms with van der Waals surface area (Å²) in [6.07, 6.45) is 3.58. The van der Waals surface area contributed by atoms with Crippen molar-refractivity contribution < 1.29 is 14.7 Å². The second kappa shape index (κ2) is 3.49. The molecule has 3 aliphatic rings. The van der Waals surface area contributed by atoms with Gasteiger partial charge in [0.25, 0.3) is 0 Å². The summed E-state index contributed by atoms with van der Waals surface area (Å²) in [6, 6.07) is 0. The molecule has 2 aliphatic carbocycles. The highest BCUT2D eigenvalue weighted by atomic mass is 16.4. The zero-order valence-electron chi connectivity index (χ0n) is 11.1. The summed E-state index contributed by atoms with van der Waals surface area (Å²) >= 11 is 0. The molecule has 3 fully saturated rings. The Bertz CT molecular complexity index is 407. The highest BCUT2D eigenvalue weighted by Crippen LogP contribution is 2.60. The maximum atomic E-state index is 12.2. The molecule has 0 aromatic carbocycles. The first-order valence-corrected chi connectivity index (χ1v) is 6.87. The molecule has 1 saturated heterocycles. The average molecular weight is 251 g/mol. The van der Waals surface area contributed by atoms with Gasteiger partial charge >= 0.3 is 5.97 Å². The molecular formula is C14H21NO3. The summed E-state index contributed by atoms with van der Waals surface area (Å²) in [7, 11) is 0. The normalized spacial score (nSPS) is 35.3. The molecule has 3 rings (SSSR count). The molecule has 4 heteroatoms. The number of hydrogen-bond donors (Lipinski definition) is 1. The quantitative estimate of drug-likeness (QED) is 0.813. The van der Waals surface area contributed by atoms with Gasteiger partial charge in [-0.15, -0.1) is 0 Å². The number of nitrogens with zero attached hydrogens (tertiary/aromatic N) is 1. The minimum Gasteiger partial charge on any atom is -0.481 e. The Hall–Kier alpha value is -1.06. The molecule has 0 aromatic rings. The lowest BCUT2D eigenvalue weighted by atomic mass is 9.90. The Kier molecular flexibility index (Phi) is 2.32. The zero-order chi connectivity index (χ0) is 13.1. The van der Waals surface area contributed by atoms with Gasteiger partial charge in [0, 0.05) is 19.0 Å². The molecule has 1 aliphatic heterocycles. The van der Waals surface area contributed by atoms with Crippen LogP contribution in [0, 0.1) is 22.7 Å². The van der Waals surface area contributed by atoms with Gasteiger partial charge in [0.1, 0.15) is 0 Å². The van der Waals surface area contributed by atoms with Gasteiger partial charge in [-0.2, -0.15) is 0 Å². The van der Waals surface area contributed by atoms with E-state index in [9.17, 15) is 9.59 Å². The highest BCUT2D eigenvalue weighted by Gasteiger charge is 2.60. The van der Waals surface area contributed by atoms with Crippen LogP contribution in [0.3, 0.4) is 0 Å². The first-order chi connectivity index (χ1) is 8.36. The van der Waals surface area contributed by atoms with Gasteiger partial charge in [-0.25, -0.2) is 0 Å². The van der Waals surface area contributed by atoms with Crippen molar-refractivity contribution in [3.63, 3.8) is 0 Å². The van der Waals surface area contributed by atoms with Gasteiger partial charge in [-0.05, 0) is 36.5 Å². The van der Waals surface area contributed by atoms with Gasteiger partial charge < -0.3 is 10.0 Å². The van der Waals surface area contributed by atoms with Crippen molar-refractivity contribution in [3.05, 3.63) is 0 Å². The van der Waals surface area contributed by atoms with E-state index in [1.807, 2.05) is 4.90 Å². The van der Waals surface area contributed by atoms with Crippen LogP contribution >= 0.6 is 0 Å². The van der Waals surface area contributed by atoms with Crippen LogP contribution in [0.5, 0.6) is 0 Å². The maximum absolute atomic E-state index is 12.2. The lowest BCUT2D eigenvalue weighted by Gasteiger charge is -2.33. The molecular weight excluding hydrogens is 230 g/mol. The van der Waals surface area contributed by atoms with Crippen molar-refractivity contribution in [2.45, 2.75) is 39.5 Å². The number of amides is 1. The van der Waals surface area contributed by atoms with Crippen molar-refractivity contribution in [2.75, 3.05) is 13.1 Å². The Morgan fingerprint density at radius 1 is 1.11 bits per heavy atom. The molecule has 0 aromatic heterocycles. The summed E-state index contributed by atoms with van der Waals surface area (Å²) < 4.78 is 0. The Labute approximate surface area is 107 Å². The van der Waals surface area contributed by atoms with Crippen LogP contribution in [0.2, 0.25) is 0 Å². The van der Waals surface area contributed by atoms with Crippen molar-refractivity contribution in [1.29, 1.82) is 0 Å². The molecule has 1 heterocycles. The second-order valence-electron chi connectivity index (χ2n) is 7.03.